The van der Waals surface area contributed by atoms with Crippen molar-refractivity contribution in [2.75, 3.05) is 13.2 Å². The van der Waals surface area contributed by atoms with Crippen molar-refractivity contribution in [2.24, 2.45) is 5.92 Å². The smallest absolute Gasteiger partial charge is 0.201 e. The first-order valence-electron chi connectivity index (χ1n) is 14.9. The summed E-state index contributed by atoms with van der Waals surface area (Å²) in [5.41, 5.74) is 1.26. The third-order valence-electron chi connectivity index (χ3n) is 7.91. The van der Waals surface area contributed by atoms with E-state index < -0.39 is 29.4 Å². The van der Waals surface area contributed by atoms with Crippen LogP contribution in [0.1, 0.15) is 82.8 Å². The minimum absolute atomic E-state index is 0.0585. The second kappa shape index (κ2) is 15.2. The van der Waals surface area contributed by atoms with Gasteiger partial charge in [-0.3, -0.25) is 0 Å². The second-order valence-corrected chi connectivity index (χ2v) is 10.9. The van der Waals surface area contributed by atoms with Gasteiger partial charge >= 0.3 is 0 Å². The van der Waals surface area contributed by atoms with Crippen LogP contribution in [-0.4, -0.2) is 13.2 Å². The van der Waals surface area contributed by atoms with Crippen molar-refractivity contribution in [1.82, 2.24) is 0 Å². The molecule has 6 heteroatoms. The van der Waals surface area contributed by atoms with Gasteiger partial charge in [0.2, 0.25) is 5.82 Å². The molecule has 41 heavy (non-hydrogen) atoms. The maximum absolute atomic E-state index is 15.2. The lowest BCUT2D eigenvalue weighted by atomic mass is 9.90. The molecule has 0 radical (unpaired) electrons. The van der Waals surface area contributed by atoms with Gasteiger partial charge in [0.1, 0.15) is 0 Å². The zero-order valence-corrected chi connectivity index (χ0v) is 23.9. The molecule has 0 bridgehead atoms. The Hall–Kier alpha value is -3.12. The molecule has 1 heterocycles. The number of benzene rings is 3. The van der Waals surface area contributed by atoms with Crippen molar-refractivity contribution >= 4 is 0 Å². The van der Waals surface area contributed by atoms with Crippen LogP contribution >= 0.6 is 0 Å². The van der Waals surface area contributed by atoms with Crippen molar-refractivity contribution in [3.05, 3.63) is 90.0 Å². The summed E-state index contributed by atoms with van der Waals surface area (Å²) < 4.78 is 71.2. The highest BCUT2D eigenvalue weighted by Gasteiger charge is 2.27. The Balaban J connectivity index is 1.40. The molecule has 1 fully saturated rings. The molecule has 220 valence electrons. The number of allylic oxidation sites excluding steroid dienone is 1. The van der Waals surface area contributed by atoms with Gasteiger partial charge in [0.25, 0.3) is 0 Å². The van der Waals surface area contributed by atoms with Crippen molar-refractivity contribution in [3.8, 4) is 28.0 Å². The molecule has 1 aliphatic rings. The van der Waals surface area contributed by atoms with Gasteiger partial charge in [-0.25, -0.2) is 13.2 Å². The van der Waals surface area contributed by atoms with Crippen LogP contribution in [0.3, 0.4) is 0 Å². The Bertz CT molecular complexity index is 1280. The largest absolute Gasteiger partial charge is 0.490 e. The molecule has 3 aromatic rings. The molecule has 4 rings (SSSR count). The van der Waals surface area contributed by atoms with E-state index in [9.17, 15) is 8.78 Å². The Morgan fingerprint density at radius 3 is 2.07 bits per heavy atom. The van der Waals surface area contributed by atoms with Gasteiger partial charge in [-0.2, -0.15) is 4.39 Å². The van der Waals surface area contributed by atoms with E-state index in [1.807, 2.05) is 0 Å². The Morgan fingerprint density at radius 2 is 1.44 bits per heavy atom. The summed E-state index contributed by atoms with van der Waals surface area (Å²) in [5.74, 6) is -3.59. The molecule has 2 atom stereocenters. The van der Waals surface area contributed by atoms with Crippen molar-refractivity contribution in [2.45, 2.75) is 77.2 Å². The standard InChI is InChI=1S/C35H40F4O2/c1-3-5-7-8-9-11-24-12-20-30(41-23-24)29-18-17-27(32(36)34(29)38)25-13-15-26(16-14-25)28-19-21-31(35(39)33(28)37)40-22-10-6-4-2/h4,13-19,21,24,30H,2-3,5-12,20,22-23H2,1H3. The van der Waals surface area contributed by atoms with Gasteiger partial charge in [-0.05, 0) is 61.3 Å². The highest BCUT2D eigenvalue weighted by atomic mass is 19.2. The van der Waals surface area contributed by atoms with Crippen LogP contribution in [0.5, 0.6) is 5.75 Å². The number of halogens is 4. The lowest BCUT2D eigenvalue weighted by molar-refractivity contribution is -0.0218. The summed E-state index contributed by atoms with van der Waals surface area (Å²) in [6.07, 6.45) is 11.6. The molecule has 0 amide bonds. The van der Waals surface area contributed by atoms with Crippen LogP contribution in [-0.2, 0) is 4.74 Å². The van der Waals surface area contributed by atoms with Crippen molar-refractivity contribution in [3.63, 3.8) is 0 Å². The van der Waals surface area contributed by atoms with Crippen molar-refractivity contribution < 1.29 is 27.0 Å². The second-order valence-electron chi connectivity index (χ2n) is 10.9. The maximum Gasteiger partial charge on any atom is 0.201 e. The van der Waals surface area contributed by atoms with E-state index >= 15 is 8.78 Å². The Kier molecular flexibility index (Phi) is 11.4. The number of hydrogen-bond acceptors (Lipinski definition) is 2. The van der Waals surface area contributed by atoms with E-state index in [0.29, 0.717) is 36.5 Å². The lowest BCUT2D eigenvalue weighted by Crippen LogP contribution is -2.21. The predicted molar refractivity (Wildman–Crippen MR) is 157 cm³/mol. The number of ether oxygens (including phenoxy) is 2. The molecule has 1 aliphatic heterocycles. The van der Waals surface area contributed by atoms with Gasteiger partial charge in [0.05, 0.1) is 19.3 Å². The van der Waals surface area contributed by atoms with Crippen LogP contribution < -0.4 is 4.74 Å². The molecule has 0 aromatic heterocycles. The normalized spacial score (nSPS) is 17.0. The molecule has 0 spiro atoms. The summed E-state index contributed by atoms with van der Waals surface area (Å²) in [6.45, 7) is 6.65. The Morgan fingerprint density at radius 1 is 0.780 bits per heavy atom. The first-order chi connectivity index (χ1) is 19.9. The average Bonchev–Trinajstić information content (AvgIpc) is 2.99. The van der Waals surface area contributed by atoms with E-state index in [-0.39, 0.29) is 29.0 Å². The van der Waals surface area contributed by atoms with Gasteiger partial charge in [-0.15, -0.1) is 6.58 Å². The average molecular weight is 569 g/mol. The topological polar surface area (TPSA) is 18.5 Å². The zero-order valence-electron chi connectivity index (χ0n) is 23.9. The van der Waals surface area contributed by atoms with Crippen LogP contribution in [0.4, 0.5) is 17.6 Å². The fourth-order valence-corrected chi connectivity index (χ4v) is 5.46. The van der Waals surface area contributed by atoms with Gasteiger partial charge < -0.3 is 9.47 Å². The zero-order chi connectivity index (χ0) is 29.2. The first-order valence-corrected chi connectivity index (χ1v) is 14.9. The first kappa shape index (κ1) is 30.8. The molecule has 0 saturated carbocycles. The quantitative estimate of drug-likeness (QED) is 0.109. The fraction of sp³-hybridized carbons (Fsp3) is 0.429. The van der Waals surface area contributed by atoms with E-state index in [1.165, 1.54) is 44.2 Å². The SMILES string of the molecule is C=CCCCOc1ccc(-c2ccc(-c3ccc(C4CCC(CCCCCCC)CO4)c(F)c3F)cc2)c(F)c1F. The van der Waals surface area contributed by atoms with E-state index in [1.54, 1.807) is 42.5 Å². The lowest BCUT2D eigenvalue weighted by Gasteiger charge is -2.30. The minimum Gasteiger partial charge on any atom is -0.490 e. The summed E-state index contributed by atoms with van der Waals surface area (Å²) >= 11 is 0. The monoisotopic (exact) mass is 568 g/mol. The summed E-state index contributed by atoms with van der Waals surface area (Å²) in [4.78, 5) is 0. The molecular weight excluding hydrogens is 528 g/mol. The summed E-state index contributed by atoms with van der Waals surface area (Å²) in [5, 5.41) is 0. The van der Waals surface area contributed by atoms with Crippen LogP contribution in [0.15, 0.2) is 61.2 Å². The summed E-state index contributed by atoms with van der Waals surface area (Å²) in [7, 11) is 0. The van der Waals surface area contributed by atoms with Crippen LogP contribution in [0.2, 0.25) is 0 Å². The van der Waals surface area contributed by atoms with E-state index in [2.05, 4.69) is 13.5 Å². The predicted octanol–water partition coefficient (Wildman–Crippen LogP) is 10.8. The number of unbranched alkanes of at least 4 members (excludes halogenated alkanes) is 5. The molecule has 1 saturated heterocycles. The third-order valence-corrected chi connectivity index (χ3v) is 7.91. The van der Waals surface area contributed by atoms with E-state index in [4.69, 9.17) is 9.47 Å². The molecular formula is C35H40F4O2. The van der Waals surface area contributed by atoms with Gasteiger partial charge in [-0.1, -0.05) is 81.5 Å². The highest BCUT2D eigenvalue weighted by molar-refractivity contribution is 5.71. The van der Waals surface area contributed by atoms with Gasteiger partial charge in [0, 0.05) is 16.7 Å². The number of hydrogen-bond donors (Lipinski definition) is 0. The van der Waals surface area contributed by atoms with Crippen LogP contribution in [0, 0.1) is 29.2 Å². The molecule has 2 unspecified atom stereocenters. The molecule has 3 aromatic carbocycles. The fourth-order valence-electron chi connectivity index (χ4n) is 5.46. The maximum atomic E-state index is 15.2. The van der Waals surface area contributed by atoms with Crippen LogP contribution in [0.25, 0.3) is 22.3 Å². The van der Waals surface area contributed by atoms with E-state index in [0.717, 1.165) is 19.3 Å². The van der Waals surface area contributed by atoms with Crippen molar-refractivity contribution in [1.29, 1.82) is 0 Å². The number of rotatable bonds is 14. The third kappa shape index (κ3) is 7.79. The highest BCUT2D eigenvalue weighted by Crippen LogP contribution is 2.37. The van der Waals surface area contributed by atoms with Gasteiger partial charge in [0.15, 0.2) is 23.2 Å². The minimum atomic E-state index is -1.06. The molecule has 0 N–H and O–H groups in total. The Labute approximate surface area is 241 Å². The molecule has 2 nitrogen and oxygen atoms in total. The molecule has 0 aliphatic carbocycles. The summed E-state index contributed by atoms with van der Waals surface area (Å²) in [6, 6.07) is 12.3.